The number of carboxylic acids is 1. The molecule has 0 aliphatic carbocycles. The van der Waals surface area contributed by atoms with Crippen LogP contribution in [0, 0.1) is 0 Å². The highest BCUT2D eigenvalue weighted by atomic mass is 35.5. The Kier molecular flexibility index (Phi) is 9.78. The van der Waals surface area contributed by atoms with Crippen molar-refractivity contribution in [2.24, 2.45) is 0 Å². The van der Waals surface area contributed by atoms with Crippen molar-refractivity contribution < 1.29 is 24.1 Å². The minimum absolute atomic E-state index is 0.336. The number of hydrogen-bond donors (Lipinski definition) is 1. The largest absolute Gasteiger partial charge is 0.493 e. The maximum atomic E-state index is 10.8. The molecule has 190 valence electrons. The molecule has 1 N–H and O–H groups in total. The summed E-state index contributed by atoms with van der Waals surface area (Å²) >= 11 is 13.9. The number of halogens is 2. The Bertz CT molecular complexity index is 1170. The maximum Gasteiger partial charge on any atom is 0.341 e. The molecule has 3 aromatic rings. The van der Waals surface area contributed by atoms with Gasteiger partial charge >= 0.3 is 5.97 Å². The van der Waals surface area contributed by atoms with Crippen LogP contribution in [0.15, 0.2) is 70.5 Å². The van der Waals surface area contributed by atoms with Gasteiger partial charge in [0.05, 0.1) is 24.8 Å². The standard InChI is InChI=1S/C27H27Cl2NO5S/c28-21-4-2-19(3-5-21)20-14-22(34-11-1-8-30-9-12-33-13-10-30)16-24(15-20)36-23-6-7-26(25(29)17-23)35-18-27(31)32/h2-7,14-17H,1,8-13,18H2,(H,31,32). The van der Waals surface area contributed by atoms with Crippen molar-refractivity contribution in [3.63, 3.8) is 0 Å². The van der Waals surface area contributed by atoms with E-state index in [0.717, 1.165) is 65.9 Å². The van der Waals surface area contributed by atoms with Gasteiger partial charge in [-0.25, -0.2) is 4.79 Å². The van der Waals surface area contributed by atoms with Crippen molar-refractivity contribution in [1.82, 2.24) is 4.90 Å². The van der Waals surface area contributed by atoms with Crippen molar-refractivity contribution in [1.29, 1.82) is 0 Å². The Morgan fingerprint density at radius 2 is 1.72 bits per heavy atom. The first-order valence-corrected chi connectivity index (χ1v) is 13.2. The summed E-state index contributed by atoms with van der Waals surface area (Å²) in [4.78, 5) is 15.0. The third-order valence-electron chi connectivity index (χ3n) is 5.54. The van der Waals surface area contributed by atoms with Crippen molar-refractivity contribution in [3.05, 3.63) is 70.7 Å². The summed E-state index contributed by atoms with van der Waals surface area (Å²) in [5.74, 6) is 0.0723. The van der Waals surface area contributed by atoms with Gasteiger partial charge in [0, 0.05) is 34.4 Å². The Balaban J connectivity index is 1.48. The third-order valence-corrected chi connectivity index (χ3v) is 7.05. The maximum absolute atomic E-state index is 10.8. The molecule has 0 spiro atoms. The topological polar surface area (TPSA) is 68.2 Å². The zero-order chi connectivity index (χ0) is 25.3. The number of aliphatic carboxylic acids is 1. The van der Waals surface area contributed by atoms with Gasteiger partial charge in [-0.3, -0.25) is 4.90 Å². The number of ether oxygens (including phenoxy) is 3. The van der Waals surface area contributed by atoms with Crippen LogP contribution in [0.25, 0.3) is 11.1 Å². The highest BCUT2D eigenvalue weighted by molar-refractivity contribution is 7.99. The van der Waals surface area contributed by atoms with Crippen LogP contribution >= 0.6 is 35.0 Å². The van der Waals surface area contributed by atoms with Crippen molar-refractivity contribution in [2.75, 3.05) is 46.1 Å². The number of nitrogens with zero attached hydrogens (tertiary/aromatic N) is 1. The van der Waals surface area contributed by atoms with Gasteiger partial charge in [0.15, 0.2) is 6.61 Å². The van der Waals surface area contributed by atoms with E-state index < -0.39 is 12.6 Å². The summed E-state index contributed by atoms with van der Waals surface area (Å²) in [6.45, 7) is 4.68. The summed E-state index contributed by atoms with van der Waals surface area (Å²) in [6.07, 6.45) is 0.932. The number of carboxylic acid groups (broad SMARTS) is 1. The molecule has 0 aromatic heterocycles. The van der Waals surface area contributed by atoms with Crippen LogP contribution < -0.4 is 9.47 Å². The van der Waals surface area contributed by atoms with E-state index in [1.165, 1.54) is 11.8 Å². The second-order valence-electron chi connectivity index (χ2n) is 8.23. The van der Waals surface area contributed by atoms with Gasteiger partial charge < -0.3 is 19.3 Å². The lowest BCUT2D eigenvalue weighted by Crippen LogP contribution is -2.37. The van der Waals surface area contributed by atoms with Gasteiger partial charge in [-0.05, 0) is 66.1 Å². The number of carbonyl (C=O) groups is 1. The Labute approximate surface area is 225 Å². The van der Waals surface area contributed by atoms with Gasteiger partial charge in [0.1, 0.15) is 11.5 Å². The van der Waals surface area contributed by atoms with E-state index >= 15 is 0 Å². The molecule has 4 rings (SSSR count). The number of benzene rings is 3. The zero-order valence-electron chi connectivity index (χ0n) is 19.6. The molecule has 0 atom stereocenters. The Morgan fingerprint density at radius 3 is 2.44 bits per heavy atom. The summed E-state index contributed by atoms with van der Waals surface area (Å²) in [6, 6.07) is 19.2. The fraction of sp³-hybridized carbons (Fsp3) is 0.296. The van der Waals surface area contributed by atoms with Crippen LogP contribution in [-0.2, 0) is 9.53 Å². The van der Waals surface area contributed by atoms with Crippen LogP contribution in [0.2, 0.25) is 10.0 Å². The van der Waals surface area contributed by atoms with E-state index in [9.17, 15) is 4.79 Å². The van der Waals surface area contributed by atoms with E-state index in [1.807, 2.05) is 42.5 Å². The smallest absolute Gasteiger partial charge is 0.341 e. The molecular formula is C27H27Cl2NO5S. The Morgan fingerprint density at radius 1 is 0.944 bits per heavy atom. The fourth-order valence-electron chi connectivity index (χ4n) is 3.76. The normalized spacial score (nSPS) is 13.9. The van der Waals surface area contributed by atoms with Gasteiger partial charge in [0.2, 0.25) is 0 Å². The molecule has 0 unspecified atom stereocenters. The van der Waals surface area contributed by atoms with Crippen LogP contribution in [0.3, 0.4) is 0 Å². The lowest BCUT2D eigenvalue weighted by molar-refractivity contribution is -0.139. The molecule has 0 amide bonds. The van der Waals surface area contributed by atoms with E-state index in [4.69, 9.17) is 42.5 Å². The molecule has 0 bridgehead atoms. The van der Waals surface area contributed by atoms with E-state index in [-0.39, 0.29) is 0 Å². The minimum Gasteiger partial charge on any atom is -0.493 e. The predicted molar refractivity (Wildman–Crippen MR) is 143 cm³/mol. The lowest BCUT2D eigenvalue weighted by atomic mass is 10.1. The predicted octanol–water partition coefficient (Wildman–Crippen LogP) is 6.38. The molecule has 3 aromatic carbocycles. The van der Waals surface area contributed by atoms with Crippen LogP contribution in [0.1, 0.15) is 6.42 Å². The number of morpholine rings is 1. The van der Waals surface area contributed by atoms with Gasteiger partial charge in [-0.15, -0.1) is 0 Å². The second-order valence-corrected chi connectivity index (χ2v) is 10.2. The molecule has 9 heteroatoms. The quantitative estimate of drug-likeness (QED) is 0.279. The van der Waals surface area contributed by atoms with E-state index in [0.29, 0.717) is 22.4 Å². The fourth-order valence-corrected chi connectivity index (χ4v) is 5.14. The molecule has 0 saturated carbocycles. The lowest BCUT2D eigenvalue weighted by Gasteiger charge is -2.26. The van der Waals surface area contributed by atoms with Gasteiger partial charge in [-0.1, -0.05) is 47.1 Å². The van der Waals surface area contributed by atoms with Crippen LogP contribution in [-0.4, -0.2) is 62.0 Å². The molecule has 36 heavy (non-hydrogen) atoms. The van der Waals surface area contributed by atoms with Crippen molar-refractivity contribution >= 4 is 40.9 Å². The van der Waals surface area contributed by atoms with E-state index in [2.05, 4.69) is 11.0 Å². The molecule has 1 heterocycles. The third kappa shape index (κ3) is 8.05. The number of rotatable bonds is 11. The molecule has 6 nitrogen and oxygen atoms in total. The van der Waals surface area contributed by atoms with Crippen LogP contribution in [0.4, 0.5) is 0 Å². The zero-order valence-corrected chi connectivity index (χ0v) is 22.0. The van der Waals surface area contributed by atoms with Gasteiger partial charge in [-0.2, -0.15) is 0 Å². The van der Waals surface area contributed by atoms with Crippen LogP contribution in [0.5, 0.6) is 11.5 Å². The molecule has 0 radical (unpaired) electrons. The highest BCUT2D eigenvalue weighted by Gasteiger charge is 2.12. The average molecular weight is 548 g/mol. The molecular weight excluding hydrogens is 521 g/mol. The summed E-state index contributed by atoms with van der Waals surface area (Å²) in [5, 5.41) is 9.86. The summed E-state index contributed by atoms with van der Waals surface area (Å²) in [5.41, 5.74) is 2.06. The summed E-state index contributed by atoms with van der Waals surface area (Å²) in [7, 11) is 0. The molecule has 1 saturated heterocycles. The van der Waals surface area contributed by atoms with Crippen molar-refractivity contribution in [3.8, 4) is 22.6 Å². The first-order chi connectivity index (χ1) is 17.5. The molecule has 1 aliphatic heterocycles. The number of hydrogen-bond acceptors (Lipinski definition) is 6. The SMILES string of the molecule is O=C(O)COc1ccc(Sc2cc(OCCCN3CCOCC3)cc(-c3ccc(Cl)cc3)c2)cc1Cl. The first-order valence-electron chi connectivity index (χ1n) is 11.6. The molecule has 1 aliphatic rings. The average Bonchev–Trinajstić information content (AvgIpc) is 2.87. The molecule has 1 fully saturated rings. The van der Waals surface area contributed by atoms with E-state index in [1.54, 1.807) is 12.1 Å². The first kappa shape index (κ1) is 26.6. The summed E-state index contributed by atoms with van der Waals surface area (Å²) < 4.78 is 16.8. The van der Waals surface area contributed by atoms with Crippen molar-refractivity contribution in [2.45, 2.75) is 16.2 Å². The highest BCUT2D eigenvalue weighted by Crippen LogP contribution is 2.37. The second kappa shape index (κ2) is 13.2. The minimum atomic E-state index is -1.05. The Hall–Kier alpha value is -2.42. The van der Waals surface area contributed by atoms with Gasteiger partial charge in [0.25, 0.3) is 0 Å². The monoisotopic (exact) mass is 547 g/mol.